The van der Waals surface area contributed by atoms with Crippen molar-refractivity contribution in [3.05, 3.63) is 68.8 Å². The molecule has 0 spiro atoms. The lowest BCUT2D eigenvalue weighted by molar-refractivity contribution is -0.384. The molecule has 124 valence electrons. The first-order chi connectivity index (χ1) is 11.0. The Morgan fingerprint density at radius 1 is 1.21 bits per heavy atom. The molecule has 7 nitrogen and oxygen atoms in total. The van der Waals surface area contributed by atoms with E-state index in [4.69, 9.17) is 4.74 Å². The maximum absolute atomic E-state index is 12.8. The number of aromatic nitrogens is 2. The van der Waals surface area contributed by atoms with Gasteiger partial charge < -0.3 is 4.74 Å². The van der Waals surface area contributed by atoms with E-state index in [0.717, 1.165) is 0 Å². The van der Waals surface area contributed by atoms with Crippen LogP contribution in [-0.2, 0) is 0 Å². The van der Waals surface area contributed by atoms with E-state index in [9.17, 15) is 14.9 Å². The molecule has 1 heterocycles. The Labute approximate surface area is 143 Å². The number of non-ortho nitro benzene ring substituents is 1. The smallest absolute Gasteiger partial charge is 0.273 e. The SMILES string of the molecule is COc1cc([N+](=O)[O-])ccc1-n1c(C)nc2ccccc2c1=O.Cl. The highest BCUT2D eigenvalue weighted by atomic mass is 35.5. The van der Waals surface area contributed by atoms with E-state index in [1.54, 1.807) is 25.1 Å². The summed E-state index contributed by atoms with van der Waals surface area (Å²) < 4.78 is 6.61. The van der Waals surface area contributed by atoms with Gasteiger partial charge in [-0.25, -0.2) is 4.98 Å². The summed E-state index contributed by atoms with van der Waals surface area (Å²) in [4.78, 5) is 27.6. The standard InChI is InChI=1S/C16H13N3O4.ClH/c1-10-17-13-6-4-3-5-12(13)16(20)18(10)14-8-7-11(19(21)22)9-15(14)23-2;/h3-9H,1-2H3;1H. The summed E-state index contributed by atoms with van der Waals surface area (Å²) in [7, 11) is 1.40. The van der Waals surface area contributed by atoms with E-state index in [1.807, 2.05) is 6.07 Å². The quantitative estimate of drug-likeness (QED) is 0.537. The molecular formula is C16H14ClN3O4. The number of ether oxygens (including phenoxy) is 1. The van der Waals surface area contributed by atoms with Gasteiger partial charge in [0.2, 0.25) is 0 Å². The Kier molecular flexibility index (Phi) is 4.85. The molecule has 8 heteroatoms. The Hall–Kier alpha value is -2.93. The van der Waals surface area contributed by atoms with Crippen LogP contribution < -0.4 is 10.3 Å². The molecule has 0 fully saturated rings. The summed E-state index contributed by atoms with van der Waals surface area (Å²) in [5.41, 5.74) is 0.663. The second-order valence-electron chi connectivity index (χ2n) is 4.93. The topological polar surface area (TPSA) is 87.3 Å². The molecule has 0 bridgehead atoms. The molecule has 0 aliphatic heterocycles. The third-order valence-corrected chi connectivity index (χ3v) is 3.56. The highest BCUT2D eigenvalue weighted by Crippen LogP contribution is 2.27. The fourth-order valence-electron chi connectivity index (χ4n) is 2.49. The number of aryl methyl sites for hydroxylation is 1. The minimum absolute atomic E-state index is 0. The van der Waals surface area contributed by atoms with Crippen LogP contribution in [0.15, 0.2) is 47.3 Å². The van der Waals surface area contributed by atoms with Crippen molar-refractivity contribution >= 4 is 29.0 Å². The predicted octanol–water partition coefficient (Wildman–Crippen LogP) is 3.03. The van der Waals surface area contributed by atoms with Crippen LogP contribution in [0.2, 0.25) is 0 Å². The predicted molar refractivity (Wildman–Crippen MR) is 92.5 cm³/mol. The van der Waals surface area contributed by atoms with E-state index in [2.05, 4.69) is 4.98 Å². The van der Waals surface area contributed by atoms with E-state index in [-0.39, 0.29) is 29.4 Å². The van der Waals surface area contributed by atoms with E-state index in [1.165, 1.54) is 29.9 Å². The number of methoxy groups -OCH3 is 1. The van der Waals surface area contributed by atoms with E-state index < -0.39 is 4.92 Å². The first-order valence-electron chi connectivity index (χ1n) is 6.84. The van der Waals surface area contributed by atoms with Gasteiger partial charge in [-0.1, -0.05) is 12.1 Å². The molecule has 2 aromatic carbocycles. The highest BCUT2D eigenvalue weighted by molar-refractivity contribution is 5.85. The van der Waals surface area contributed by atoms with Crippen LogP contribution in [0, 0.1) is 17.0 Å². The number of benzene rings is 2. The minimum Gasteiger partial charge on any atom is -0.494 e. The van der Waals surface area contributed by atoms with Crippen molar-refractivity contribution in [3.8, 4) is 11.4 Å². The maximum Gasteiger partial charge on any atom is 0.273 e. The van der Waals surface area contributed by atoms with Gasteiger partial charge >= 0.3 is 0 Å². The number of rotatable bonds is 3. The Balaban J connectivity index is 0.00000208. The van der Waals surface area contributed by atoms with Gasteiger partial charge in [0.15, 0.2) is 0 Å². The first kappa shape index (κ1) is 17.4. The van der Waals surface area contributed by atoms with Crippen molar-refractivity contribution in [1.29, 1.82) is 0 Å². The van der Waals surface area contributed by atoms with Crippen molar-refractivity contribution in [2.45, 2.75) is 6.92 Å². The number of halogens is 1. The maximum atomic E-state index is 12.8. The third kappa shape index (κ3) is 2.81. The highest BCUT2D eigenvalue weighted by Gasteiger charge is 2.16. The molecule has 0 unspecified atom stereocenters. The Morgan fingerprint density at radius 3 is 2.58 bits per heavy atom. The van der Waals surface area contributed by atoms with Crippen LogP contribution in [0.1, 0.15) is 5.82 Å². The average Bonchev–Trinajstić information content (AvgIpc) is 2.55. The van der Waals surface area contributed by atoms with Gasteiger partial charge in [0.1, 0.15) is 11.6 Å². The van der Waals surface area contributed by atoms with Gasteiger partial charge in [0, 0.05) is 6.07 Å². The van der Waals surface area contributed by atoms with Gasteiger partial charge in [-0.05, 0) is 25.1 Å². The average molecular weight is 348 g/mol. The molecule has 3 rings (SSSR count). The molecule has 1 aromatic heterocycles. The van der Waals surface area contributed by atoms with Gasteiger partial charge in [0.25, 0.3) is 11.2 Å². The van der Waals surface area contributed by atoms with Gasteiger partial charge in [-0.15, -0.1) is 12.4 Å². The van der Waals surface area contributed by atoms with E-state index >= 15 is 0 Å². The molecule has 3 aromatic rings. The monoisotopic (exact) mass is 347 g/mol. The van der Waals surface area contributed by atoms with Crippen LogP contribution in [0.3, 0.4) is 0 Å². The number of para-hydroxylation sites is 1. The minimum atomic E-state index is -0.513. The lowest BCUT2D eigenvalue weighted by atomic mass is 10.2. The van der Waals surface area contributed by atoms with Crippen LogP contribution >= 0.6 is 12.4 Å². The van der Waals surface area contributed by atoms with E-state index in [0.29, 0.717) is 22.4 Å². The fourth-order valence-corrected chi connectivity index (χ4v) is 2.49. The summed E-state index contributed by atoms with van der Waals surface area (Å²) in [6.45, 7) is 1.70. The second kappa shape index (κ2) is 6.67. The normalized spacial score (nSPS) is 10.2. The van der Waals surface area contributed by atoms with Gasteiger partial charge in [-0.3, -0.25) is 19.5 Å². The zero-order valence-corrected chi connectivity index (χ0v) is 13.7. The number of nitro groups is 1. The fraction of sp³-hybridized carbons (Fsp3) is 0.125. The zero-order chi connectivity index (χ0) is 16.6. The largest absolute Gasteiger partial charge is 0.494 e. The first-order valence-corrected chi connectivity index (χ1v) is 6.84. The molecular weight excluding hydrogens is 334 g/mol. The molecule has 0 radical (unpaired) electrons. The second-order valence-corrected chi connectivity index (χ2v) is 4.93. The van der Waals surface area contributed by atoms with Crippen molar-refractivity contribution in [3.63, 3.8) is 0 Å². The van der Waals surface area contributed by atoms with Crippen molar-refractivity contribution in [2.24, 2.45) is 0 Å². The third-order valence-electron chi connectivity index (χ3n) is 3.56. The summed E-state index contributed by atoms with van der Waals surface area (Å²) in [5, 5.41) is 11.4. The molecule has 0 aliphatic rings. The molecule has 24 heavy (non-hydrogen) atoms. The lowest BCUT2D eigenvalue weighted by Crippen LogP contribution is -2.22. The number of nitrogens with zero attached hydrogens (tertiary/aromatic N) is 3. The van der Waals surface area contributed by atoms with Crippen LogP contribution in [0.25, 0.3) is 16.6 Å². The molecule has 0 N–H and O–H groups in total. The number of hydrogen-bond donors (Lipinski definition) is 0. The van der Waals surface area contributed by atoms with Crippen molar-refractivity contribution in [2.75, 3.05) is 7.11 Å². The summed E-state index contributed by atoms with van der Waals surface area (Å²) in [6.07, 6.45) is 0. The molecule has 0 aliphatic carbocycles. The van der Waals surface area contributed by atoms with Crippen LogP contribution in [-0.4, -0.2) is 21.6 Å². The summed E-state index contributed by atoms with van der Waals surface area (Å²) in [6, 6.07) is 11.1. The molecule has 0 amide bonds. The Bertz CT molecular complexity index is 985. The summed E-state index contributed by atoms with van der Waals surface area (Å²) in [5.74, 6) is 0.710. The van der Waals surface area contributed by atoms with Crippen molar-refractivity contribution < 1.29 is 9.66 Å². The molecule has 0 atom stereocenters. The van der Waals surface area contributed by atoms with Crippen LogP contribution in [0.5, 0.6) is 5.75 Å². The zero-order valence-electron chi connectivity index (χ0n) is 12.9. The van der Waals surface area contributed by atoms with Crippen LogP contribution in [0.4, 0.5) is 5.69 Å². The molecule has 0 saturated carbocycles. The van der Waals surface area contributed by atoms with Gasteiger partial charge in [0.05, 0.1) is 34.7 Å². The number of hydrogen-bond acceptors (Lipinski definition) is 5. The number of nitro benzene ring substituents is 1. The number of fused-ring (bicyclic) bond motifs is 1. The molecule has 0 saturated heterocycles. The van der Waals surface area contributed by atoms with Crippen molar-refractivity contribution in [1.82, 2.24) is 9.55 Å². The summed E-state index contributed by atoms with van der Waals surface area (Å²) >= 11 is 0. The lowest BCUT2D eigenvalue weighted by Gasteiger charge is -2.14. The van der Waals surface area contributed by atoms with Gasteiger partial charge in [-0.2, -0.15) is 0 Å². The Morgan fingerprint density at radius 2 is 1.92 bits per heavy atom.